The molecule has 3 heterocycles. The van der Waals surface area contributed by atoms with Crippen LogP contribution in [0.1, 0.15) is 18.4 Å². The third-order valence-corrected chi connectivity index (χ3v) is 10.1. The lowest BCUT2D eigenvalue weighted by Crippen LogP contribution is -2.60. The van der Waals surface area contributed by atoms with Gasteiger partial charge in [-0.2, -0.15) is 0 Å². The summed E-state index contributed by atoms with van der Waals surface area (Å²) in [6.45, 7) is 2.89. The highest BCUT2D eigenvalue weighted by molar-refractivity contribution is 7.90. The Morgan fingerprint density at radius 3 is 2.39 bits per heavy atom. The first kappa shape index (κ1) is 22.3. The van der Waals surface area contributed by atoms with Crippen LogP contribution < -0.4 is 14.9 Å². The fraction of sp³-hybridized carbons (Fsp3) is 0.429. The molecule has 2 aliphatic rings. The Kier molecular flexibility index (Phi) is 5.43. The van der Waals surface area contributed by atoms with Crippen LogP contribution in [0.15, 0.2) is 47.8 Å². The van der Waals surface area contributed by atoms with Crippen LogP contribution in [0, 0.1) is 6.92 Å². The zero-order valence-electron chi connectivity index (χ0n) is 18.3. The summed E-state index contributed by atoms with van der Waals surface area (Å²) in [6.07, 6.45) is 4.17. The Balaban J connectivity index is 1.36. The van der Waals surface area contributed by atoms with Crippen LogP contribution in [0.25, 0.3) is 11.0 Å². The predicted molar refractivity (Wildman–Crippen MR) is 125 cm³/mol. The van der Waals surface area contributed by atoms with Gasteiger partial charge in [0, 0.05) is 38.4 Å². The number of hydrogen-bond donors (Lipinski definition) is 2. The lowest BCUT2D eigenvalue weighted by atomic mass is 9.86. The first-order valence-electron chi connectivity index (χ1n) is 10.8. The molecule has 1 saturated carbocycles. The van der Waals surface area contributed by atoms with Crippen molar-refractivity contribution in [2.75, 3.05) is 25.0 Å². The van der Waals surface area contributed by atoms with Crippen LogP contribution in [0.3, 0.4) is 0 Å². The SMILES string of the molecule is Cc1ccc(S(=O)(=O)n2ccc3c(N(C)[C@H]4C[C@@H](NS(=O)(=O)C5CNC5)C4)ncnc32)cc1. The fourth-order valence-corrected chi connectivity index (χ4v) is 7.02. The van der Waals surface area contributed by atoms with Crippen LogP contribution in [-0.2, 0) is 20.0 Å². The summed E-state index contributed by atoms with van der Waals surface area (Å²) >= 11 is 0. The topological polar surface area (TPSA) is 126 Å². The Labute approximate surface area is 193 Å². The van der Waals surface area contributed by atoms with Gasteiger partial charge in [-0.25, -0.2) is 35.5 Å². The molecule has 12 heteroatoms. The number of rotatable bonds is 7. The number of nitrogens with zero attached hydrogens (tertiary/aromatic N) is 4. The van der Waals surface area contributed by atoms with Gasteiger partial charge in [0.05, 0.1) is 10.3 Å². The number of nitrogens with one attached hydrogen (secondary N) is 2. The van der Waals surface area contributed by atoms with Crippen molar-refractivity contribution in [1.82, 2.24) is 24.0 Å². The van der Waals surface area contributed by atoms with E-state index in [1.54, 1.807) is 30.3 Å². The van der Waals surface area contributed by atoms with Gasteiger partial charge in [-0.05, 0) is 38.0 Å². The molecule has 3 aromatic rings. The Hall–Kier alpha value is -2.54. The maximum absolute atomic E-state index is 13.2. The molecule has 1 aromatic carbocycles. The molecule has 2 fully saturated rings. The van der Waals surface area contributed by atoms with E-state index in [9.17, 15) is 16.8 Å². The number of sulfonamides is 1. The molecule has 0 unspecified atom stereocenters. The van der Waals surface area contributed by atoms with E-state index in [1.807, 2.05) is 18.9 Å². The van der Waals surface area contributed by atoms with E-state index in [0.29, 0.717) is 42.8 Å². The van der Waals surface area contributed by atoms with Gasteiger partial charge < -0.3 is 10.2 Å². The highest BCUT2D eigenvalue weighted by atomic mass is 32.2. The van der Waals surface area contributed by atoms with Crippen molar-refractivity contribution < 1.29 is 16.8 Å². The summed E-state index contributed by atoms with van der Waals surface area (Å²) in [4.78, 5) is 10.8. The second-order valence-corrected chi connectivity index (χ2v) is 12.5. The average molecular weight is 491 g/mol. The highest BCUT2D eigenvalue weighted by Gasteiger charge is 2.39. The molecule has 1 saturated heterocycles. The van der Waals surface area contributed by atoms with Crippen LogP contribution >= 0.6 is 0 Å². The molecule has 176 valence electrons. The number of aryl methyl sites for hydroxylation is 1. The molecule has 1 aliphatic carbocycles. The van der Waals surface area contributed by atoms with Gasteiger partial charge in [-0.15, -0.1) is 0 Å². The Morgan fingerprint density at radius 1 is 1.06 bits per heavy atom. The third kappa shape index (κ3) is 3.90. The summed E-state index contributed by atoms with van der Waals surface area (Å²) in [5, 5.41) is 3.25. The van der Waals surface area contributed by atoms with E-state index < -0.39 is 20.0 Å². The molecule has 10 nitrogen and oxygen atoms in total. The molecular formula is C21H26N6O4S2. The molecule has 5 rings (SSSR count). The molecule has 1 aliphatic heterocycles. The monoisotopic (exact) mass is 490 g/mol. The molecular weight excluding hydrogens is 464 g/mol. The van der Waals surface area contributed by atoms with Gasteiger partial charge in [0.2, 0.25) is 10.0 Å². The van der Waals surface area contributed by atoms with E-state index in [4.69, 9.17) is 0 Å². The van der Waals surface area contributed by atoms with E-state index in [2.05, 4.69) is 20.0 Å². The second-order valence-electron chi connectivity index (χ2n) is 8.74. The summed E-state index contributed by atoms with van der Waals surface area (Å²) in [5.41, 5.74) is 1.28. The molecule has 0 amide bonds. The largest absolute Gasteiger partial charge is 0.356 e. The van der Waals surface area contributed by atoms with Crippen molar-refractivity contribution in [3.63, 3.8) is 0 Å². The molecule has 33 heavy (non-hydrogen) atoms. The van der Waals surface area contributed by atoms with Gasteiger partial charge in [0.15, 0.2) is 5.65 Å². The lowest BCUT2D eigenvalue weighted by molar-refractivity contribution is 0.313. The first-order valence-corrected chi connectivity index (χ1v) is 13.7. The molecule has 0 radical (unpaired) electrons. The number of aromatic nitrogens is 3. The minimum atomic E-state index is -3.80. The van der Waals surface area contributed by atoms with Crippen LogP contribution in [-0.4, -0.2) is 68.2 Å². The number of fused-ring (bicyclic) bond motifs is 1. The number of hydrogen-bond acceptors (Lipinski definition) is 8. The minimum absolute atomic E-state index is 0.0902. The van der Waals surface area contributed by atoms with Gasteiger partial charge in [-0.1, -0.05) is 17.7 Å². The van der Waals surface area contributed by atoms with Crippen molar-refractivity contribution >= 4 is 36.9 Å². The Bertz CT molecular complexity index is 1390. The quantitative estimate of drug-likeness (QED) is 0.499. The van der Waals surface area contributed by atoms with E-state index in [-0.39, 0.29) is 22.2 Å². The van der Waals surface area contributed by atoms with E-state index in [0.717, 1.165) is 5.56 Å². The van der Waals surface area contributed by atoms with Crippen molar-refractivity contribution in [3.8, 4) is 0 Å². The maximum Gasteiger partial charge on any atom is 0.269 e. The van der Waals surface area contributed by atoms with Gasteiger partial charge in [-0.3, -0.25) is 0 Å². The van der Waals surface area contributed by atoms with Gasteiger partial charge in [0.25, 0.3) is 10.0 Å². The highest BCUT2D eigenvalue weighted by Crippen LogP contribution is 2.33. The number of benzene rings is 1. The average Bonchev–Trinajstić information content (AvgIpc) is 3.13. The number of anilines is 1. The first-order chi connectivity index (χ1) is 15.7. The molecule has 0 spiro atoms. The van der Waals surface area contributed by atoms with Gasteiger partial charge >= 0.3 is 0 Å². The standard InChI is InChI=1S/C21H26N6O4S2/c1-14-3-5-17(6-4-14)33(30,31)27-8-7-19-20(23-13-24-21(19)27)26(2)16-9-15(10-16)25-32(28,29)18-11-22-12-18/h3-8,13,15-16,18,22,25H,9-12H2,1-2H3/t15-,16+. The summed E-state index contributed by atoms with van der Waals surface area (Å²) in [7, 11) is -5.21. The van der Waals surface area contributed by atoms with Crippen molar-refractivity contribution in [2.24, 2.45) is 0 Å². The predicted octanol–water partition coefficient (Wildman–Crippen LogP) is 0.835. The zero-order valence-corrected chi connectivity index (χ0v) is 20.0. The molecule has 2 aromatic heterocycles. The third-order valence-electron chi connectivity index (χ3n) is 6.51. The van der Waals surface area contributed by atoms with E-state index in [1.165, 1.54) is 16.5 Å². The Morgan fingerprint density at radius 2 is 1.76 bits per heavy atom. The molecule has 0 atom stereocenters. The molecule has 0 bridgehead atoms. The smallest absolute Gasteiger partial charge is 0.269 e. The lowest BCUT2D eigenvalue weighted by Gasteiger charge is -2.42. The van der Waals surface area contributed by atoms with Crippen molar-refractivity contribution in [3.05, 3.63) is 48.4 Å². The summed E-state index contributed by atoms with van der Waals surface area (Å²) in [6, 6.07) is 8.37. The molecule has 2 N–H and O–H groups in total. The second kappa shape index (κ2) is 8.05. The van der Waals surface area contributed by atoms with Crippen molar-refractivity contribution in [2.45, 2.75) is 42.0 Å². The fourth-order valence-electron chi connectivity index (χ4n) is 4.20. The van der Waals surface area contributed by atoms with Crippen LogP contribution in [0.5, 0.6) is 0 Å². The van der Waals surface area contributed by atoms with E-state index >= 15 is 0 Å². The van der Waals surface area contributed by atoms with Gasteiger partial charge in [0.1, 0.15) is 17.4 Å². The maximum atomic E-state index is 13.2. The summed E-state index contributed by atoms with van der Waals surface area (Å²) in [5.74, 6) is 0.618. The zero-order chi connectivity index (χ0) is 23.4. The summed E-state index contributed by atoms with van der Waals surface area (Å²) < 4.78 is 55.0. The minimum Gasteiger partial charge on any atom is -0.356 e. The normalized spacial score (nSPS) is 21.5. The van der Waals surface area contributed by atoms with Crippen LogP contribution in [0.4, 0.5) is 5.82 Å². The van der Waals surface area contributed by atoms with Crippen LogP contribution in [0.2, 0.25) is 0 Å². The van der Waals surface area contributed by atoms with Crippen molar-refractivity contribution in [1.29, 1.82) is 0 Å².